The second-order valence-electron chi connectivity index (χ2n) is 4.72. The molecule has 0 heterocycles. The molecule has 1 N–H and O–H groups in total. The van der Waals surface area contributed by atoms with Gasteiger partial charge < -0.3 is 14.8 Å². The molecule has 0 saturated carbocycles. The number of ether oxygens (including phenoxy) is 2. The second kappa shape index (κ2) is 8.94. The van der Waals surface area contributed by atoms with Gasteiger partial charge in [-0.2, -0.15) is 0 Å². The number of benzene rings is 1. The van der Waals surface area contributed by atoms with Crippen LogP contribution in [0.4, 0.5) is 0 Å². The zero-order chi connectivity index (χ0) is 14.1. The Kier molecular flexibility index (Phi) is 7.53. The molecule has 0 radical (unpaired) electrons. The summed E-state index contributed by atoms with van der Waals surface area (Å²) in [6.07, 6.45) is 0.927. The molecule has 1 atom stereocenters. The van der Waals surface area contributed by atoms with E-state index in [0.717, 1.165) is 31.9 Å². The molecule has 1 aromatic carbocycles. The third kappa shape index (κ3) is 5.62. The average molecular weight is 265 g/mol. The first-order valence-corrected chi connectivity index (χ1v) is 7.23. The quantitative estimate of drug-likeness (QED) is 0.693. The molecule has 0 amide bonds. The maximum atomic E-state index is 5.91. The van der Waals surface area contributed by atoms with Gasteiger partial charge >= 0.3 is 0 Å². The summed E-state index contributed by atoms with van der Waals surface area (Å²) in [5.74, 6) is 0.991. The lowest BCUT2D eigenvalue weighted by molar-refractivity contribution is 0.130. The zero-order valence-electron chi connectivity index (χ0n) is 12.7. The van der Waals surface area contributed by atoms with Crippen LogP contribution in [0.2, 0.25) is 0 Å². The maximum absolute atomic E-state index is 5.91. The molecule has 3 heteroatoms. The van der Waals surface area contributed by atoms with Crippen molar-refractivity contribution < 1.29 is 9.47 Å². The first-order chi connectivity index (χ1) is 9.19. The maximum Gasteiger partial charge on any atom is 0.124 e. The van der Waals surface area contributed by atoms with E-state index in [1.165, 1.54) is 11.1 Å². The van der Waals surface area contributed by atoms with Crippen LogP contribution in [0.1, 0.15) is 44.4 Å². The highest BCUT2D eigenvalue weighted by molar-refractivity contribution is 5.39. The fourth-order valence-corrected chi connectivity index (χ4v) is 2.03. The summed E-state index contributed by atoms with van der Waals surface area (Å²) in [5.41, 5.74) is 2.45. The van der Waals surface area contributed by atoms with E-state index >= 15 is 0 Å². The summed E-state index contributed by atoms with van der Waals surface area (Å²) in [7, 11) is 0. The molecular weight excluding hydrogens is 238 g/mol. The van der Waals surface area contributed by atoms with Crippen molar-refractivity contribution in [1.29, 1.82) is 0 Å². The molecule has 1 unspecified atom stereocenters. The van der Waals surface area contributed by atoms with Crippen molar-refractivity contribution in [2.45, 2.75) is 40.2 Å². The minimum atomic E-state index is 0.312. The monoisotopic (exact) mass is 265 g/mol. The molecule has 3 nitrogen and oxygen atoms in total. The molecule has 108 valence electrons. The molecule has 0 saturated heterocycles. The lowest BCUT2D eigenvalue weighted by atomic mass is 10.0. The average Bonchev–Trinajstić information content (AvgIpc) is 2.39. The molecule has 0 fully saturated rings. The standard InChI is InChI=1S/C16H27NO2/c1-5-17-14(4)15-9-8-13(3)12-16(15)19-11-7-10-18-6-2/h8-9,12,14,17H,5-7,10-11H2,1-4H3. The topological polar surface area (TPSA) is 30.5 Å². The van der Waals surface area contributed by atoms with Gasteiger partial charge in [-0.25, -0.2) is 0 Å². The van der Waals surface area contributed by atoms with Crippen molar-refractivity contribution in [1.82, 2.24) is 5.32 Å². The summed E-state index contributed by atoms with van der Waals surface area (Å²) >= 11 is 0. The number of aryl methyl sites for hydroxylation is 1. The van der Waals surface area contributed by atoms with Crippen LogP contribution in [0.15, 0.2) is 18.2 Å². The van der Waals surface area contributed by atoms with Crippen LogP contribution in [-0.4, -0.2) is 26.4 Å². The first-order valence-electron chi connectivity index (χ1n) is 7.23. The normalized spacial score (nSPS) is 12.4. The Morgan fingerprint density at radius 2 is 2.00 bits per heavy atom. The van der Waals surface area contributed by atoms with Crippen molar-refractivity contribution in [3.05, 3.63) is 29.3 Å². The molecule has 1 rings (SSSR count). The SMILES string of the molecule is CCNC(C)c1ccc(C)cc1OCCCOCC. The van der Waals surface area contributed by atoms with Gasteiger partial charge in [-0.3, -0.25) is 0 Å². The smallest absolute Gasteiger partial charge is 0.124 e. The largest absolute Gasteiger partial charge is 0.493 e. The van der Waals surface area contributed by atoms with E-state index in [-0.39, 0.29) is 0 Å². The molecule has 19 heavy (non-hydrogen) atoms. The molecule has 0 aliphatic carbocycles. The van der Waals surface area contributed by atoms with Crippen LogP contribution in [0, 0.1) is 6.92 Å². The predicted molar refractivity (Wildman–Crippen MR) is 79.9 cm³/mol. The van der Waals surface area contributed by atoms with E-state index in [9.17, 15) is 0 Å². The lowest BCUT2D eigenvalue weighted by Crippen LogP contribution is -2.18. The summed E-state index contributed by atoms with van der Waals surface area (Å²) in [5, 5.41) is 3.43. The minimum Gasteiger partial charge on any atom is -0.493 e. The van der Waals surface area contributed by atoms with Gasteiger partial charge in [0.1, 0.15) is 5.75 Å². The Hall–Kier alpha value is -1.06. The van der Waals surface area contributed by atoms with Crippen molar-refractivity contribution in [2.24, 2.45) is 0 Å². The van der Waals surface area contributed by atoms with E-state index in [4.69, 9.17) is 9.47 Å². The highest BCUT2D eigenvalue weighted by atomic mass is 16.5. The minimum absolute atomic E-state index is 0.312. The van der Waals surface area contributed by atoms with Crippen LogP contribution in [0.5, 0.6) is 5.75 Å². The third-order valence-electron chi connectivity index (χ3n) is 3.04. The van der Waals surface area contributed by atoms with E-state index in [2.05, 4.69) is 44.3 Å². The van der Waals surface area contributed by atoms with Gasteiger partial charge in [0.2, 0.25) is 0 Å². The molecule has 1 aromatic rings. The molecular formula is C16H27NO2. The Bertz CT molecular complexity index is 366. The zero-order valence-corrected chi connectivity index (χ0v) is 12.7. The van der Waals surface area contributed by atoms with Gasteiger partial charge in [0.25, 0.3) is 0 Å². The molecule has 0 aromatic heterocycles. The van der Waals surface area contributed by atoms with Gasteiger partial charge in [-0.05, 0) is 38.9 Å². The first kappa shape index (κ1) is 16.0. The van der Waals surface area contributed by atoms with Crippen LogP contribution in [0.25, 0.3) is 0 Å². The summed E-state index contributed by atoms with van der Waals surface area (Å²) in [6, 6.07) is 6.72. The lowest BCUT2D eigenvalue weighted by Gasteiger charge is -2.18. The second-order valence-corrected chi connectivity index (χ2v) is 4.72. The molecule has 0 spiro atoms. The summed E-state index contributed by atoms with van der Waals surface area (Å²) < 4.78 is 11.2. The van der Waals surface area contributed by atoms with Crippen LogP contribution in [0.3, 0.4) is 0 Å². The highest BCUT2D eigenvalue weighted by Crippen LogP contribution is 2.26. The van der Waals surface area contributed by atoms with Gasteiger partial charge in [0, 0.05) is 31.2 Å². The summed E-state index contributed by atoms with van der Waals surface area (Å²) in [6.45, 7) is 11.6. The van der Waals surface area contributed by atoms with Crippen molar-refractivity contribution in [2.75, 3.05) is 26.4 Å². The number of nitrogens with one attached hydrogen (secondary N) is 1. The third-order valence-corrected chi connectivity index (χ3v) is 3.04. The number of rotatable bonds is 9. The molecule has 0 bridgehead atoms. The van der Waals surface area contributed by atoms with Gasteiger partial charge in [-0.1, -0.05) is 19.1 Å². The molecule has 0 aliphatic rings. The van der Waals surface area contributed by atoms with Crippen LogP contribution in [-0.2, 0) is 4.74 Å². The van der Waals surface area contributed by atoms with Crippen LogP contribution >= 0.6 is 0 Å². The molecule has 0 aliphatic heterocycles. The van der Waals surface area contributed by atoms with Crippen molar-refractivity contribution in [3.8, 4) is 5.75 Å². The van der Waals surface area contributed by atoms with E-state index in [0.29, 0.717) is 12.6 Å². The Morgan fingerprint density at radius 3 is 2.68 bits per heavy atom. The number of hydrogen-bond acceptors (Lipinski definition) is 3. The van der Waals surface area contributed by atoms with Gasteiger partial charge in [0.15, 0.2) is 0 Å². The summed E-state index contributed by atoms with van der Waals surface area (Å²) in [4.78, 5) is 0. The Labute approximate surface area is 117 Å². The van der Waals surface area contributed by atoms with E-state index in [1.54, 1.807) is 0 Å². The van der Waals surface area contributed by atoms with E-state index < -0.39 is 0 Å². The van der Waals surface area contributed by atoms with Crippen molar-refractivity contribution in [3.63, 3.8) is 0 Å². The van der Waals surface area contributed by atoms with Crippen LogP contribution < -0.4 is 10.1 Å². The Balaban J connectivity index is 2.61. The fourth-order valence-electron chi connectivity index (χ4n) is 2.03. The predicted octanol–water partition coefficient (Wildman–Crippen LogP) is 3.47. The van der Waals surface area contributed by atoms with E-state index in [1.807, 2.05) is 6.92 Å². The fraction of sp³-hybridized carbons (Fsp3) is 0.625. The highest BCUT2D eigenvalue weighted by Gasteiger charge is 2.10. The number of hydrogen-bond donors (Lipinski definition) is 1. The van der Waals surface area contributed by atoms with Crippen molar-refractivity contribution >= 4 is 0 Å². The van der Waals surface area contributed by atoms with Gasteiger partial charge in [-0.15, -0.1) is 0 Å². The Morgan fingerprint density at radius 1 is 1.21 bits per heavy atom. The van der Waals surface area contributed by atoms with Gasteiger partial charge in [0.05, 0.1) is 6.61 Å².